The molecular formula is C15H15ClN3Na. The molecule has 98 valence electrons. The van der Waals surface area contributed by atoms with E-state index in [0.29, 0.717) is 34.7 Å². The Morgan fingerprint density at radius 3 is 2.70 bits per heavy atom. The van der Waals surface area contributed by atoms with E-state index in [-0.39, 0.29) is 29.6 Å². The number of rotatable bonds is 3. The monoisotopic (exact) mass is 295 g/mol. The van der Waals surface area contributed by atoms with Crippen LogP contribution in [-0.2, 0) is 0 Å². The van der Waals surface area contributed by atoms with Gasteiger partial charge in [0.05, 0.1) is 0 Å². The minimum atomic E-state index is 0. The summed E-state index contributed by atoms with van der Waals surface area (Å²) in [5, 5.41) is 7.99. The second-order valence-electron chi connectivity index (χ2n) is 5.10. The summed E-state index contributed by atoms with van der Waals surface area (Å²) in [5.41, 5.74) is 9.52. The number of anilines is 1. The number of nitrogens with two attached hydrogens (primary N) is 1. The molecule has 3 nitrogen and oxygen atoms in total. The summed E-state index contributed by atoms with van der Waals surface area (Å²) >= 11 is 6.29. The van der Waals surface area contributed by atoms with Crippen molar-refractivity contribution in [2.45, 2.75) is 18.8 Å². The summed E-state index contributed by atoms with van der Waals surface area (Å²) in [5.74, 6) is 0.996. The van der Waals surface area contributed by atoms with Crippen molar-refractivity contribution < 1.29 is 29.6 Å². The molecule has 0 radical (unpaired) electrons. The quantitative estimate of drug-likeness (QED) is 0.357. The number of aliphatic imine (C=N–C) groups is 1. The fourth-order valence-corrected chi connectivity index (χ4v) is 3.08. The SMILES string of the molecule is N=Cc1cc(Cl)c(C2CC(C3=NC[C-]=C3)C2)cc1N.[Na+]. The predicted molar refractivity (Wildman–Crippen MR) is 79.3 cm³/mol. The first kappa shape index (κ1) is 15.8. The Hall–Kier alpha value is -0.610. The molecule has 1 aliphatic heterocycles. The van der Waals surface area contributed by atoms with E-state index >= 15 is 0 Å². The first-order chi connectivity index (χ1) is 9.19. The Labute approximate surface area is 146 Å². The van der Waals surface area contributed by atoms with Gasteiger partial charge in [-0.05, 0) is 30.2 Å². The van der Waals surface area contributed by atoms with Gasteiger partial charge in [0.15, 0.2) is 0 Å². The van der Waals surface area contributed by atoms with E-state index in [0.717, 1.165) is 18.4 Å². The van der Waals surface area contributed by atoms with Crippen LogP contribution in [0.3, 0.4) is 0 Å². The molecule has 1 fully saturated rings. The van der Waals surface area contributed by atoms with Gasteiger partial charge in [-0.3, -0.25) is 6.08 Å². The number of nitrogens with zero attached hydrogens (tertiary/aromatic N) is 1. The first-order valence-corrected chi connectivity index (χ1v) is 6.77. The number of hydrogen-bond acceptors (Lipinski definition) is 3. The van der Waals surface area contributed by atoms with Gasteiger partial charge in [0.25, 0.3) is 0 Å². The maximum absolute atomic E-state index is 7.27. The van der Waals surface area contributed by atoms with E-state index in [1.54, 1.807) is 6.07 Å². The maximum atomic E-state index is 7.27. The predicted octanol–water partition coefficient (Wildman–Crippen LogP) is 0.231. The fourth-order valence-electron chi connectivity index (χ4n) is 2.75. The van der Waals surface area contributed by atoms with Crippen molar-refractivity contribution in [2.24, 2.45) is 10.9 Å². The van der Waals surface area contributed by atoms with Gasteiger partial charge in [-0.1, -0.05) is 30.4 Å². The van der Waals surface area contributed by atoms with Crippen LogP contribution < -0.4 is 35.3 Å². The number of halogens is 1. The second-order valence-corrected chi connectivity index (χ2v) is 5.51. The van der Waals surface area contributed by atoms with Crippen LogP contribution in [0.5, 0.6) is 0 Å². The van der Waals surface area contributed by atoms with E-state index in [9.17, 15) is 0 Å². The van der Waals surface area contributed by atoms with E-state index in [1.165, 1.54) is 11.9 Å². The summed E-state index contributed by atoms with van der Waals surface area (Å²) < 4.78 is 0. The molecule has 1 aromatic rings. The summed E-state index contributed by atoms with van der Waals surface area (Å²) in [6.07, 6.45) is 8.50. The Balaban J connectivity index is 0.00000147. The second kappa shape index (κ2) is 6.44. The Morgan fingerprint density at radius 2 is 2.10 bits per heavy atom. The molecule has 0 saturated heterocycles. The molecule has 2 aliphatic rings. The zero-order valence-electron chi connectivity index (χ0n) is 11.5. The number of nitrogen functional groups attached to an aromatic ring is 1. The molecule has 0 spiro atoms. The van der Waals surface area contributed by atoms with Crippen LogP contribution >= 0.6 is 11.6 Å². The molecular weight excluding hydrogens is 281 g/mol. The molecule has 0 aromatic heterocycles. The number of allylic oxidation sites excluding steroid dienone is 1. The van der Waals surface area contributed by atoms with Crippen LogP contribution in [0.1, 0.15) is 29.9 Å². The van der Waals surface area contributed by atoms with Gasteiger partial charge in [0.2, 0.25) is 0 Å². The van der Waals surface area contributed by atoms with Crippen LogP contribution in [-0.4, -0.2) is 18.5 Å². The summed E-state index contributed by atoms with van der Waals surface area (Å²) in [6, 6.07) is 3.70. The Kier molecular flexibility index (Phi) is 5.08. The third kappa shape index (κ3) is 2.86. The maximum Gasteiger partial charge on any atom is 1.00 e. The molecule has 5 heteroatoms. The van der Waals surface area contributed by atoms with Crippen molar-refractivity contribution in [3.63, 3.8) is 0 Å². The molecule has 3 rings (SSSR count). The minimum Gasteiger partial charge on any atom is -0.398 e. The third-order valence-corrected chi connectivity index (χ3v) is 4.28. The summed E-state index contributed by atoms with van der Waals surface area (Å²) in [4.78, 5) is 4.42. The molecule has 0 atom stereocenters. The van der Waals surface area contributed by atoms with Crippen LogP contribution in [0.25, 0.3) is 0 Å². The van der Waals surface area contributed by atoms with Crippen LogP contribution in [0, 0.1) is 17.4 Å². The summed E-state index contributed by atoms with van der Waals surface area (Å²) in [7, 11) is 0. The minimum absolute atomic E-state index is 0. The van der Waals surface area contributed by atoms with Crippen molar-refractivity contribution in [3.8, 4) is 0 Å². The van der Waals surface area contributed by atoms with Crippen molar-refractivity contribution in [1.82, 2.24) is 0 Å². The number of hydrogen-bond donors (Lipinski definition) is 2. The van der Waals surface area contributed by atoms with Crippen molar-refractivity contribution in [1.29, 1.82) is 5.41 Å². The van der Waals surface area contributed by atoms with E-state index in [4.69, 9.17) is 22.7 Å². The van der Waals surface area contributed by atoms with Gasteiger partial charge < -0.3 is 16.1 Å². The van der Waals surface area contributed by atoms with Crippen molar-refractivity contribution in [2.75, 3.05) is 12.3 Å². The molecule has 0 unspecified atom stereocenters. The van der Waals surface area contributed by atoms with Crippen molar-refractivity contribution in [3.05, 3.63) is 40.4 Å². The molecule has 1 aliphatic carbocycles. The van der Waals surface area contributed by atoms with Gasteiger partial charge in [0, 0.05) is 22.5 Å². The van der Waals surface area contributed by atoms with Gasteiger partial charge >= 0.3 is 29.6 Å². The van der Waals surface area contributed by atoms with E-state index in [1.807, 2.05) is 12.1 Å². The fraction of sp³-hybridized carbons (Fsp3) is 0.333. The van der Waals surface area contributed by atoms with Crippen LogP contribution in [0.4, 0.5) is 5.69 Å². The Bertz CT molecular complexity index is 589. The molecule has 1 aromatic carbocycles. The zero-order valence-corrected chi connectivity index (χ0v) is 14.2. The zero-order chi connectivity index (χ0) is 13.4. The van der Waals surface area contributed by atoms with E-state index in [2.05, 4.69) is 11.1 Å². The average molecular weight is 296 g/mol. The average Bonchev–Trinajstić information content (AvgIpc) is 2.85. The Morgan fingerprint density at radius 1 is 1.35 bits per heavy atom. The van der Waals surface area contributed by atoms with Gasteiger partial charge in [-0.15, -0.1) is 5.71 Å². The normalized spacial score (nSPS) is 23.8. The van der Waals surface area contributed by atoms with Crippen LogP contribution in [0.2, 0.25) is 5.02 Å². The first-order valence-electron chi connectivity index (χ1n) is 6.39. The molecule has 0 amide bonds. The van der Waals surface area contributed by atoms with E-state index < -0.39 is 0 Å². The number of nitrogens with one attached hydrogen (secondary N) is 1. The van der Waals surface area contributed by atoms with Gasteiger partial charge in [0.1, 0.15) is 0 Å². The number of benzene rings is 1. The van der Waals surface area contributed by atoms with Crippen LogP contribution in [0.15, 0.2) is 23.2 Å². The van der Waals surface area contributed by atoms with Crippen molar-refractivity contribution >= 4 is 29.2 Å². The topological polar surface area (TPSA) is 62.2 Å². The largest absolute Gasteiger partial charge is 1.00 e. The summed E-state index contributed by atoms with van der Waals surface area (Å²) in [6.45, 7) is 0.707. The molecule has 1 heterocycles. The van der Waals surface area contributed by atoms with Gasteiger partial charge in [-0.25, -0.2) is 6.08 Å². The molecule has 1 saturated carbocycles. The molecule has 3 N–H and O–H groups in total. The standard InChI is InChI=1S/C15H15ClN3.Na/c16-13-6-11(8-17)14(18)7-12(13)9-4-10(5-9)15-2-1-3-19-15;/h2,6-10,17H,3-5,18H2;/q-1;+1. The van der Waals surface area contributed by atoms with Gasteiger partial charge in [-0.2, -0.15) is 0 Å². The third-order valence-electron chi connectivity index (χ3n) is 3.96. The molecule has 20 heavy (non-hydrogen) atoms. The molecule has 0 bridgehead atoms. The smallest absolute Gasteiger partial charge is 0.398 e.